The van der Waals surface area contributed by atoms with Gasteiger partial charge in [-0.1, -0.05) is 31.5 Å². The van der Waals surface area contributed by atoms with Crippen LogP contribution < -0.4 is 0 Å². The number of rotatable bonds is 2. The first-order chi connectivity index (χ1) is 10.3. The Morgan fingerprint density at radius 1 is 1.33 bits per heavy atom. The molecular formula is C18H22N2O. The number of hydrogen-bond donors (Lipinski definition) is 1. The maximum atomic E-state index is 11.6. The van der Waals surface area contributed by atoms with Crippen molar-refractivity contribution in [2.45, 2.75) is 44.7 Å². The van der Waals surface area contributed by atoms with Gasteiger partial charge in [-0.25, -0.2) is 0 Å². The Morgan fingerprint density at radius 3 is 3.00 bits per heavy atom. The summed E-state index contributed by atoms with van der Waals surface area (Å²) in [6.45, 7) is 3.33. The van der Waals surface area contributed by atoms with Crippen LogP contribution in [0.25, 0.3) is 10.9 Å². The molecule has 4 rings (SSSR count). The Balaban J connectivity index is 1.81. The number of aldehydes is 1. The summed E-state index contributed by atoms with van der Waals surface area (Å²) in [6.07, 6.45) is 5.68. The van der Waals surface area contributed by atoms with Crippen molar-refractivity contribution in [3.05, 3.63) is 35.5 Å². The number of fused-ring (bicyclic) bond motifs is 5. The number of carbonyl (C=O) groups excluding carboxylic acids is 1. The summed E-state index contributed by atoms with van der Waals surface area (Å²) >= 11 is 0. The monoisotopic (exact) mass is 282 g/mol. The van der Waals surface area contributed by atoms with Gasteiger partial charge in [0.15, 0.2) is 0 Å². The minimum Gasteiger partial charge on any atom is -0.357 e. The molecule has 3 heterocycles. The minimum absolute atomic E-state index is 0.0519. The average Bonchev–Trinajstić information content (AvgIpc) is 2.92. The SMILES string of the molecule is CC[C@@H]1CC[C@H]2c3[nH]c4ccccc4c3C[C@@H](C=O)N2C1. The smallest absolute Gasteiger partial charge is 0.137 e. The number of aromatic amines is 1. The highest BCUT2D eigenvalue weighted by Crippen LogP contribution is 2.42. The molecule has 1 fully saturated rings. The van der Waals surface area contributed by atoms with Gasteiger partial charge in [-0.3, -0.25) is 4.90 Å². The van der Waals surface area contributed by atoms with Crippen LogP contribution in [-0.4, -0.2) is 28.8 Å². The van der Waals surface area contributed by atoms with Gasteiger partial charge in [0.25, 0.3) is 0 Å². The average molecular weight is 282 g/mol. The van der Waals surface area contributed by atoms with Crippen LogP contribution in [0.1, 0.15) is 43.5 Å². The van der Waals surface area contributed by atoms with E-state index < -0.39 is 0 Å². The van der Waals surface area contributed by atoms with E-state index in [1.54, 1.807) is 0 Å². The fraction of sp³-hybridized carbons (Fsp3) is 0.500. The highest BCUT2D eigenvalue weighted by molar-refractivity contribution is 5.85. The zero-order valence-electron chi connectivity index (χ0n) is 12.5. The van der Waals surface area contributed by atoms with E-state index in [1.807, 2.05) is 0 Å². The molecule has 0 spiro atoms. The van der Waals surface area contributed by atoms with E-state index in [0.717, 1.165) is 25.2 Å². The van der Waals surface area contributed by atoms with E-state index in [1.165, 1.54) is 41.4 Å². The predicted octanol–water partition coefficient (Wildman–Crippen LogP) is 3.45. The van der Waals surface area contributed by atoms with Crippen molar-refractivity contribution in [1.29, 1.82) is 0 Å². The zero-order valence-corrected chi connectivity index (χ0v) is 12.5. The van der Waals surface area contributed by atoms with Gasteiger partial charge in [0, 0.05) is 23.1 Å². The van der Waals surface area contributed by atoms with Gasteiger partial charge in [0.1, 0.15) is 6.29 Å². The molecule has 21 heavy (non-hydrogen) atoms. The van der Waals surface area contributed by atoms with Crippen molar-refractivity contribution in [2.75, 3.05) is 6.54 Å². The molecule has 1 saturated heterocycles. The minimum atomic E-state index is 0.0519. The van der Waals surface area contributed by atoms with Gasteiger partial charge in [-0.05, 0) is 36.8 Å². The molecule has 0 amide bonds. The lowest BCUT2D eigenvalue weighted by Gasteiger charge is -2.45. The number of para-hydroxylation sites is 1. The fourth-order valence-electron chi connectivity index (χ4n) is 4.26. The maximum absolute atomic E-state index is 11.6. The Hall–Kier alpha value is -1.61. The number of nitrogens with zero attached hydrogens (tertiary/aromatic N) is 1. The molecular weight excluding hydrogens is 260 g/mol. The van der Waals surface area contributed by atoms with Crippen LogP contribution in [0.5, 0.6) is 0 Å². The van der Waals surface area contributed by atoms with Gasteiger partial charge in [0.05, 0.1) is 12.1 Å². The first-order valence-corrected chi connectivity index (χ1v) is 8.12. The summed E-state index contributed by atoms with van der Waals surface area (Å²) in [6, 6.07) is 8.95. The van der Waals surface area contributed by atoms with Crippen LogP contribution in [0.3, 0.4) is 0 Å². The van der Waals surface area contributed by atoms with Crippen LogP contribution in [-0.2, 0) is 11.2 Å². The summed E-state index contributed by atoms with van der Waals surface area (Å²) in [5.74, 6) is 0.745. The second kappa shape index (κ2) is 4.99. The molecule has 2 aliphatic rings. The van der Waals surface area contributed by atoms with Crippen molar-refractivity contribution < 1.29 is 4.79 Å². The van der Waals surface area contributed by atoms with Crippen LogP contribution in [0.15, 0.2) is 24.3 Å². The van der Waals surface area contributed by atoms with E-state index in [9.17, 15) is 4.79 Å². The van der Waals surface area contributed by atoms with Gasteiger partial charge < -0.3 is 9.78 Å². The van der Waals surface area contributed by atoms with Gasteiger partial charge in [0.2, 0.25) is 0 Å². The van der Waals surface area contributed by atoms with Crippen molar-refractivity contribution in [3.63, 3.8) is 0 Å². The standard InChI is InChI=1S/C18H22N2O/c1-2-12-7-8-17-18-15(9-13(11-21)20(17)10-12)14-5-3-4-6-16(14)19-18/h3-6,11-13,17,19H,2,7-10H2,1H3/t12-,13+,17+/m1/s1. The maximum Gasteiger partial charge on any atom is 0.137 e. The first-order valence-electron chi connectivity index (χ1n) is 8.12. The Morgan fingerprint density at radius 2 is 2.19 bits per heavy atom. The van der Waals surface area contributed by atoms with Gasteiger partial charge in [-0.2, -0.15) is 0 Å². The van der Waals surface area contributed by atoms with E-state index in [0.29, 0.717) is 6.04 Å². The van der Waals surface area contributed by atoms with Crippen LogP contribution in [0.4, 0.5) is 0 Å². The molecule has 2 aliphatic heterocycles. The number of nitrogens with one attached hydrogen (secondary N) is 1. The zero-order chi connectivity index (χ0) is 14.4. The number of carbonyl (C=O) groups is 1. The third kappa shape index (κ3) is 1.95. The summed E-state index contributed by atoms with van der Waals surface area (Å²) in [5.41, 5.74) is 3.95. The van der Waals surface area contributed by atoms with Crippen LogP contribution in [0.2, 0.25) is 0 Å². The number of aromatic nitrogens is 1. The molecule has 3 heteroatoms. The number of H-pyrrole nitrogens is 1. The molecule has 0 aliphatic carbocycles. The van der Waals surface area contributed by atoms with Gasteiger partial charge in [-0.15, -0.1) is 0 Å². The summed E-state index contributed by atoms with van der Waals surface area (Å²) in [7, 11) is 0. The van der Waals surface area contributed by atoms with Crippen LogP contribution in [0, 0.1) is 5.92 Å². The molecule has 2 aromatic rings. The predicted molar refractivity (Wildman–Crippen MR) is 84.3 cm³/mol. The molecule has 0 saturated carbocycles. The summed E-state index contributed by atoms with van der Waals surface area (Å²) < 4.78 is 0. The molecule has 1 N–H and O–H groups in total. The molecule has 3 atom stereocenters. The molecule has 0 radical (unpaired) electrons. The third-order valence-corrected chi connectivity index (χ3v) is 5.47. The van der Waals surface area contributed by atoms with Gasteiger partial charge >= 0.3 is 0 Å². The highest BCUT2D eigenvalue weighted by Gasteiger charge is 2.39. The van der Waals surface area contributed by atoms with Crippen molar-refractivity contribution in [2.24, 2.45) is 5.92 Å². The quantitative estimate of drug-likeness (QED) is 0.856. The lowest BCUT2D eigenvalue weighted by atomic mass is 9.83. The van der Waals surface area contributed by atoms with E-state index in [-0.39, 0.29) is 6.04 Å². The summed E-state index contributed by atoms with van der Waals surface area (Å²) in [4.78, 5) is 17.7. The van der Waals surface area contributed by atoms with E-state index in [4.69, 9.17) is 0 Å². The fourth-order valence-corrected chi connectivity index (χ4v) is 4.26. The second-order valence-electron chi connectivity index (χ2n) is 6.53. The molecule has 0 bridgehead atoms. The Kier molecular flexibility index (Phi) is 3.11. The molecule has 0 unspecified atom stereocenters. The Bertz CT molecular complexity index is 675. The van der Waals surface area contributed by atoms with E-state index >= 15 is 0 Å². The lowest BCUT2D eigenvalue weighted by molar-refractivity contribution is -0.115. The number of hydrogen-bond acceptors (Lipinski definition) is 2. The van der Waals surface area contributed by atoms with Crippen molar-refractivity contribution >= 4 is 17.2 Å². The second-order valence-corrected chi connectivity index (χ2v) is 6.53. The van der Waals surface area contributed by atoms with Crippen molar-refractivity contribution in [1.82, 2.24) is 9.88 Å². The number of piperidine rings is 1. The molecule has 1 aromatic heterocycles. The molecule has 3 nitrogen and oxygen atoms in total. The third-order valence-electron chi connectivity index (χ3n) is 5.47. The highest BCUT2D eigenvalue weighted by atomic mass is 16.1. The normalized spacial score (nSPS) is 29.1. The van der Waals surface area contributed by atoms with E-state index in [2.05, 4.69) is 41.1 Å². The lowest BCUT2D eigenvalue weighted by Crippen LogP contribution is -2.49. The number of benzene rings is 1. The Labute approximate surface area is 125 Å². The molecule has 1 aromatic carbocycles. The summed E-state index contributed by atoms with van der Waals surface area (Å²) in [5, 5.41) is 1.30. The first kappa shape index (κ1) is 13.1. The largest absolute Gasteiger partial charge is 0.357 e. The van der Waals surface area contributed by atoms with Crippen molar-refractivity contribution in [3.8, 4) is 0 Å². The topological polar surface area (TPSA) is 36.1 Å². The molecule has 110 valence electrons. The van der Waals surface area contributed by atoms with Crippen LogP contribution >= 0.6 is 0 Å².